The van der Waals surface area contributed by atoms with E-state index in [1.165, 1.54) is 0 Å². The monoisotopic (exact) mass is 211 g/mol. The van der Waals surface area contributed by atoms with Gasteiger partial charge in [-0.1, -0.05) is 0 Å². The van der Waals surface area contributed by atoms with E-state index in [1.807, 2.05) is 6.92 Å². The van der Waals surface area contributed by atoms with E-state index in [-0.39, 0.29) is 0 Å². The van der Waals surface area contributed by atoms with Crippen molar-refractivity contribution in [2.75, 3.05) is 30.5 Å². The number of aromatic nitrogens is 2. The summed E-state index contributed by atoms with van der Waals surface area (Å²) in [6.07, 6.45) is 4.16. The number of anilines is 2. The number of hydrazine groups is 1. The summed E-state index contributed by atoms with van der Waals surface area (Å²) in [7, 11) is 0. The molecule has 0 bridgehead atoms. The molecular weight excluding hydrogens is 194 g/mol. The molecule has 0 saturated heterocycles. The van der Waals surface area contributed by atoms with Crippen LogP contribution in [0.3, 0.4) is 0 Å². The van der Waals surface area contributed by atoms with Crippen molar-refractivity contribution in [2.45, 2.75) is 13.3 Å². The van der Waals surface area contributed by atoms with E-state index in [2.05, 4.69) is 20.7 Å². The summed E-state index contributed by atoms with van der Waals surface area (Å²) in [6.45, 7) is 4.30. The number of hydrogen-bond acceptors (Lipinski definition) is 6. The molecule has 4 N–H and O–H groups in total. The van der Waals surface area contributed by atoms with Gasteiger partial charge in [-0.15, -0.1) is 0 Å². The van der Waals surface area contributed by atoms with Gasteiger partial charge in [-0.2, -0.15) is 0 Å². The first-order valence-electron chi connectivity index (χ1n) is 4.97. The molecule has 0 radical (unpaired) electrons. The fraction of sp³-hybridized carbons (Fsp3) is 0.556. The predicted molar refractivity (Wildman–Crippen MR) is 59.4 cm³/mol. The second-order valence-electron chi connectivity index (χ2n) is 2.91. The second kappa shape index (κ2) is 6.97. The molecule has 6 heteroatoms. The summed E-state index contributed by atoms with van der Waals surface area (Å²) in [5, 5.41) is 3.13. The fourth-order valence-corrected chi connectivity index (χ4v) is 1.06. The van der Waals surface area contributed by atoms with Gasteiger partial charge in [0.1, 0.15) is 5.82 Å². The van der Waals surface area contributed by atoms with Crippen molar-refractivity contribution >= 4 is 11.6 Å². The highest BCUT2D eigenvalue weighted by Crippen LogP contribution is 2.04. The number of nitrogens with zero attached hydrogens (tertiary/aromatic N) is 2. The molecule has 0 fully saturated rings. The van der Waals surface area contributed by atoms with Crippen molar-refractivity contribution in [2.24, 2.45) is 5.84 Å². The molecule has 84 valence electrons. The van der Waals surface area contributed by atoms with Gasteiger partial charge in [0.25, 0.3) is 0 Å². The Bertz CT molecular complexity index is 281. The molecule has 0 spiro atoms. The minimum atomic E-state index is 0.546. The van der Waals surface area contributed by atoms with E-state index in [0.29, 0.717) is 11.6 Å². The minimum Gasteiger partial charge on any atom is -0.382 e. The Morgan fingerprint density at radius 2 is 2.20 bits per heavy atom. The topological polar surface area (TPSA) is 85.1 Å². The third-order valence-corrected chi connectivity index (χ3v) is 1.76. The summed E-state index contributed by atoms with van der Waals surface area (Å²) in [5.41, 5.74) is 2.44. The Labute approximate surface area is 89.2 Å². The number of nitrogens with two attached hydrogens (primary N) is 1. The Hall–Kier alpha value is -1.40. The van der Waals surface area contributed by atoms with Crippen LogP contribution in [0.5, 0.6) is 0 Å². The zero-order valence-corrected chi connectivity index (χ0v) is 8.86. The van der Waals surface area contributed by atoms with Crippen LogP contribution in [0.1, 0.15) is 13.3 Å². The molecule has 0 saturated carbocycles. The molecule has 6 nitrogen and oxygen atoms in total. The Kier molecular flexibility index (Phi) is 5.42. The van der Waals surface area contributed by atoms with Gasteiger partial charge < -0.3 is 15.5 Å². The molecule has 0 aliphatic carbocycles. The molecule has 1 rings (SSSR count). The van der Waals surface area contributed by atoms with E-state index in [1.54, 1.807) is 12.4 Å². The van der Waals surface area contributed by atoms with Crippen LogP contribution in [0.4, 0.5) is 11.6 Å². The largest absolute Gasteiger partial charge is 0.382 e. The summed E-state index contributed by atoms with van der Waals surface area (Å²) >= 11 is 0. The molecule has 15 heavy (non-hydrogen) atoms. The number of nitrogen functional groups attached to an aromatic ring is 1. The van der Waals surface area contributed by atoms with E-state index >= 15 is 0 Å². The van der Waals surface area contributed by atoms with Gasteiger partial charge in [-0.05, 0) is 13.3 Å². The molecule has 1 aromatic rings. The van der Waals surface area contributed by atoms with Crippen molar-refractivity contribution in [1.82, 2.24) is 9.97 Å². The average Bonchev–Trinajstić information content (AvgIpc) is 2.29. The van der Waals surface area contributed by atoms with Gasteiger partial charge in [0.15, 0.2) is 5.82 Å². The summed E-state index contributed by atoms with van der Waals surface area (Å²) in [6, 6.07) is 0. The van der Waals surface area contributed by atoms with Crippen molar-refractivity contribution in [3.8, 4) is 0 Å². The molecule has 0 amide bonds. The van der Waals surface area contributed by atoms with E-state index in [0.717, 1.165) is 26.2 Å². The van der Waals surface area contributed by atoms with Gasteiger partial charge in [0, 0.05) is 19.8 Å². The normalized spacial score (nSPS) is 10.0. The molecule has 0 unspecified atom stereocenters. The maximum atomic E-state index is 5.21. The van der Waals surface area contributed by atoms with Gasteiger partial charge >= 0.3 is 0 Å². The Balaban J connectivity index is 2.24. The summed E-state index contributed by atoms with van der Waals surface area (Å²) < 4.78 is 5.21. The van der Waals surface area contributed by atoms with Crippen LogP contribution < -0.4 is 16.6 Å². The van der Waals surface area contributed by atoms with Crippen molar-refractivity contribution in [3.63, 3.8) is 0 Å². The van der Waals surface area contributed by atoms with Crippen LogP contribution in [0, 0.1) is 0 Å². The summed E-state index contributed by atoms with van der Waals surface area (Å²) in [5.74, 6) is 6.47. The molecule has 0 aliphatic heterocycles. The van der Waals surface area contributed by atoms with Crippen LogP contribution in [-0.2, 0) is 4.74 Å². The van der Waals surface area contributed by atoms with Crippen LogP contribution in [0.2, 0.25) is 0 Å². The third-order valence-electron chi connectivity index (χ3n) is 1.76. The lowest BCUT2D eigenvalue weighted by atomic mass is 10.4. The van der Waals surface area contributed by atoms with Gasteiger partial charge in [-0.25, -0.2) is 10.8 Å². The number of nitrogens with one attached hydrogen (secondary N) is 2. The summed E-state index contributed by atoms with van der Waals surface area (Å²) in [4.78, 5) is 8.13. The lowest BCUT2D eigenvalue weighted by molar-refractivity contribution is 0.147. The fourth-order valence-electron chi connectivity index (χ4n) is 1.06. The van der Waals surface area contributed by atoms with Gasteiger partial charge in [-0.3, -0.25) is 4.98 Å². The smallest absolute Gasteiger partial charge is 0.160 e. The maximum absolute atomic E-state index is 5.21. The average molecular weight is 211 g/mol. The maximum Gasteiger partial charge on any atom is 0.160 e. The van der Waals surface area contributed by atoms with Crippen LogP contribution >= 0.6 is 0 Å². The highest BCUT2D eigenvalue weighted by molar-refractivity contribution is 5.40. The Morgan fingerprint density at radius 3 is 2.93 bits per heavy atom. The highest BCUT2D eigenvalue weighted by atomic mass is 16.5. The molecule has 0 atom stereocenters. The van der Waals surface area contributed by atoms with Crippen LogP contribution in [-0.4, -0.2) is 29.7 Å². The van der Waals surface area contributed by atoms with E-state index in [9.17, 15) is 0 Å². The van der Waals surface area contributed by atoms with Crippen LogP contribution in [0.25, 0.3) is 0 Å². The first kappa shape index (κ1) is 11.7. The van der Waals surface area contributed by atoms with E-state index < -0.39 is 0 Å². The second-order valence-corrected chi connectivity index (χ2v) is 2.91. The third kappa shape index (κ3) is 4.57. The molecule has 1 heterocycles. The standard InChI is InChI=1S/C9H17N5O/c1-2-15-5-3-4-12-8-6-11-7-9(13-8)14-10/h6-7H,2-5,10H2,1H3,(H2,12,13,14). The molecule has 1 aromatic heterocycles. The molecular formula is C9H17N5O. The predicted octanol–water partition coefficient (Wildman–Crippen LogP) is 0.601. The number of rotatable bonds is 7. The minimum absolute atomic E-state index is 0.546. The van der Waals surface area contributed by atoms with Crippen molar-refractivity contribution in [1.29, 1.82) is 0 Å². The van der Waals surface area contributed by atoms with Crippen LogP contribution in [0.15, 0.2) is 12.4 Å². The quantitative estimate of drug-likeness (QED) is 0.348. The van der Waals surface area contributed by atoms with Gasteiger partial charge in [0.05, 0.1) is 12.4 Å². The lowest BCUT2D eigenvalue weighted by Gasteiger charge is -2.06. The van der Waals surface area contributed by atoms with E-state index in [4.69, 9.17) is 10.6 Å². The number of hydrogen-bond donors (Lipinski definition) is 3. The van der Waals surface area contributed by atoms with Crippen molar-refractivity contribution < 1.29 is 4.74 Å². The zero-order valence-electron chi connectivity index (χ0n) is 8.86. The van der Waals surface area contributed by atoms with Crippen molar-refractivity contribution in [3.05, 3.63) is 12.4 Å². The first-order chi connectivity index (χ1) is 7.36. The highest BCUT2D eigenvalue weighted by Gasteiger charge is 1.95. The number of ether oxygens (including phenoxy) is 1. The lowest BCUT2D eigenvalue weighted by Crippen LogP contribution is -2.11. The first-order valence-corrected chi connectivity index (χ1v) is 4.97. The zero-order chi connectivity index (χ0) is 10.9. The molecule has 0 aromatic carbocycles. The Morgan fingerprint density at radius 1 is 1.40 bits per heavy atom. The molecule has 0 aliphatic rings. The van der Waals surface area contributed by atoms with Gasteiger partial charge in [0.2, 0.25) is 0 Å². The SMILES string of the molecule is CCOCCCNc1cncc(NN)n1.